The van der Waals surface area contributed by atoms with Crippen molar-refractivity contribution in [1.29, 1.82) is 0 Å². The van der Waals surface area contributed by atoms with Gasteiger partial charge in [-0.1, -0.05) is 18.9 Å². The minimum absolute atomic E-state index is 0.0241. The Morgan fingerprint density at radius 2 is 1.87 bits per heavy atom. The molecule has 3 heterocycles. The molecule has 1 saturated carbocycles. The van der Waals surface area contributed by atoms with Crippen LogP contribution in [0.3, 0.4) is 0 Å². The van der Waals surface area contributed by atoms with Gasteiger partial charge < -0.3 is 14.8 Å². The molecule has 1 aromatic heterocycles. The summed E-state index contributed by atoms with van der Waals surface area (Å²) >= 11 is 0. The second kappa shape index (κ2) is 8.68. The van der Waals surface area contributed by atoms with Crippen molar-refractivity contribution in [2.24, 2.45) is 0 Å². The van der Waals surface area contributed by atoms with E-state index in [9.17, 15) is 4.79 Å². The zero-order valence-electron chi connectivity index (χ0n) is 17.4. The Morgan fingerprint density at radius 1 is 1.03 bits per heavy atom. The van der Waals surface area contributed by atoms with Gasteiger partial charge in [0.2, 0.25) is 5.91 Å². The molecule has 5 rings (SSSR count). The molecule has 3 aliphatic rings. The van der Waals surface area contributed by atoms with Gasteiger partial charge in [0.1, 0.15) is 5.82 Å². The summed E-state index contributed by atoms with van der Waals surface area (Å²) < 4.78 is 13.6. The Kier molecular flexibility index (Phi) is 5.62. The Balaban J connectivity index is 1.25. The predicted molar refractivity (Wildman–Crippen MR) is 114 cm³/mol. The van der Waals surface area contributed by atoms with E-state index in [1.165, 1.54) is 18.4 Å². The van der Waals surface area contributed by atoms with Crippen molar-refractivity contribution >= 4 is 11.7 Å². The molecule has 0 bridgehead atoms. The monoisotopic (exact) mass is 410 g/mol. The first-order chi connectivity index (χ1) is 14.8. The van der Waals surface area contributed by atoms with E-state index in [2.05, 4.69) is 27.4 Å². The second-order valence-corrected chi connectivity index (χ2v) is 8.53. The van der Waals surface area contributed by atoms with E-state index in [-0.39, 0.29) is 11.9 Å². The van der Waals surface area contributed by atoms with Gasteiger partial charge in [-0.3, -0.25) is 9.69 Å². The number of carbonyl (C=O) groups is 1. The standard InChI is InChI=1S/C23H30N4O3/c28-23(25-22-10-11-24-27(22)18-5-1-2-6-18)16-26-12-3-7-19(26)17-8-9-20-21(15-17)30-14-4-13-29-20/h8-11,15,18-19H,1-7,12-14,16H2,(H,25,28). The first-order valence-corrected chi connectivity index (χ1v) is 11.2. The van der Waals surface area contributed by atoms with Gasteiger partial charge in [-0.05, 0) is 49.9 Å². The molecule has 0 radical (unpaired) electrons. The molecule has 160 valence electrons. The summed E-state index contributed by atoms with van der Waals surface area (Å²) in [7, 11) is 0. The second-order valence-electron chi connectivity index (χ2n) is 8.53. The van der Waals surface area contributed by atoms with Crippen LogP contribution in [0.25, 0.3) is 0 Å². The third-order valence-electron chi connectivity index (χ3n) is 6.48. The van der Waals surface area contributed by atoms with Crippen LogP contribution in [0.1, 0.15) is 62.6 Å². The molecule has 1 aliphatic carbocycles. The summed E-state index contributed by atoms with van der Waals surface area (Å²) in [5.74, 6) is 2.48. The number of benzene rings is 1. The average Bonchev–Trinajstić information content (AvgIpc) is 3.48. The molecule has 1 N–H and O–H groups in total. The van der Waals surface area contributed by atoms with E-state index < -0.39 is 0 Å². The van der Waals surface area contributed by atoms with Gasteiger partial charge in [0, 0.05) is 18.5 Å². The summed E-state index contributed by atoms with van der Waals surface area (Å²) in [5.41, 5.74) is 1.19. The predicted octanol–water partition coefficient (Wildman–Crippen LogP) is 3.94. The molecule has 7 heteroatoms. The van der Waals surface area contributed by atoms with Crippen molar-refractivity contribution in [2.75, 3.05) is 31.6 Å². The van der Waals surface area contributed by atoms with Gasteiger partial charge in [-0.25, -0.2) is 4.68 Å². The number of hydrogen-bond donors (Lipinski definition) is 1. The molecule has 1 unspecified atom stereocenters. The number of anilines is 1. The van der Waals surface area contributed by atoms with Crippen molar-refractivity contribution in [1.82, 2.24) is 14.7 Å². The van der Waals surface area contributed by atoms with Crippen molar-refractivity contribution in [3.63, 3.8) is 0 Å². The summed E-state index contributed by atoms with van der Waals surface area (Å²) in [5, 5.41) is 7.56. The lowest BCUT2D eigenvalue weighted by atomic mass is 10.0. The smallest absolute Gasteiger partial charge is 0.239 e. The first-order valence-electron chi connectivity index (χ1n) is 11.2. The fourth-order valence-corrected chi connectivity index (χ4v) is 5.00. The Bertz CT molecular complexity index is 890. The molecule has 30 heavy (non-hydrogen) atoms. The van der Waals surface area contributed by atoms with Gasteiger partial charge >= 0.3 is 0 Å². The third-order valence-corrected chi connectivity index (χ3v) is 6.48. The highest BCUT2D eigenvalue weighted by molar-refractivity contribution is 5.91. The summed E-state index contributed by atoms with van der Waals surface area (Å²) in [6.07, 6.45) is 9.58. The SMILES string of the molecule is O=C(CN1CCCC1c1ccc2c(c1)OCCCO2)Nc1ccnn1C1CCCC1. The number of rotatable bonds is 5. The third kappa shape index (κ3) is 4.03. The fraction of sp³-hybridized carbons (Fsp3) is 0.565. The maximum absolute atomic E-state index is 12.8. The number of nitrogens with zero attached hydrogens (tertiary/aromatic N) is 3. The van der Waals surface area contributed by atoms with Crippen LogP contribution in [0.4, 0.5) is 5.82 Å². The first kappa shape index (κ1) is 19.4. The van der Waals surface area contributed by atoms with Gasteiger partial charge in [-0.2, -0.15) is 5.10 Å². The van der Waals surface area contributed by atoms with Crippen LogP contribution in [0, 0.1) is 0 Å². The van der Waals surface area contributed by atoms with Crippen LogP contribution in [0.15, 0.2) is 30.5 Å². The molecule has 1 saturated heterocycles. The van der Waals surface area contributed by atoms with Crippen molar-refractivity contribution in [3.05, 3.63) is 36.0 Å². The molecule has 2 fully saturated rings. The van der Waals surface area contributed by atoms with Crippen LogP contribution >= 0.6 is 0 Å². The number of ether oxygens (including phenoxy) is 2. The number of fused-ring (bicyclic) bond motifs is 1. The quantitative estimate of drug-likeness (QED) is 0.809. The summed E-state index contributed by atoms with van der Waals surface area (Å²) in [6.45, 7) is 2.69. The Morgan fingerprint density at radius 3 is 2.73 bits per heavy atom. The molecular formula is C23H30N4O3. The Hall–Kier alpha value is -2.54. The largest absolute Gasteiger partial charge is 0.490 e. The zero-order chi connectivity index (χ0) is 20.3. The fourth-order valence-electron chi connectivity index (χ4n) is 5.00. The zero-order valence-corrected chi connectivity index (χ0v) is 17.4. The van der Waals surface area contributed by atoms with E-state index in [0.29, 0.717) is 25.8 Å². The highest BCUT2D eigenvalue weighted by atomic mass is 16.5. The number of aromatic nitrogens is 2. The number of amides is 1. The van der Waals surface area contributed by atoms with Gasteiger partial charge in [0.25, 0.3) is 0 Å². The van der Waals surface area contributed by atoms with E-state index in [1.54, 1.807) is 6.20 Å². The van der Waals surface area contributed by atoms with E-state index >= 15 is 0 Å². The molecule has 0 spiro atoms. The highest BCUT2D eigenvalue weighted by Gasteiger charge is 2.29. The van der Waals surface area contributed by atoms with Crippen LogP contribution in [-0.2, 0) is 4.79 Å². The van der Waals surface area contributed by atoms with Crippen molar-refractivity contribution in [3.8, 4) is 11.5 Å². The number of carbonyl (C=O) groups excluding carboxylic acids is 1. The molecule has 1 aromatic carbocycles. The maximum atomic E-state index is 12.8. The number of nitrogens with one attached hydrogen (secondary N) is 1. The lowest BCUT2D eigenvalue weighted by molar-refractivity contribution is -0.117. The molecular weight excluding hydrogens is 380 g/mol. The normalized spacial score (nSPS) is 22.2. The molecule has 2 aromatic rings. The van der Waals surface area contributed by atoms with E-state index in [4.69, 9.17) is 9.47 Å². The van der Waals surface area contributed by atoms with Crippen LogP contribution in [0.5, 0.6) is 11.5 Å². The number of likely N-dealkylation sites (tertiary alicyclic amines) is 1. The van der Waals surface area contributed by atoms with Crippen molar-refractivity contribution in [2.45, 2.75) is 57.0 Å². The summed E-state index contributed by atoms with van der Waals surface area (Å²) in [6, 6.07) is 8.76. The van der Waals surface area contributed by atoms with Gasteiger partial charge in [0.15, 0.2) is 11.5 Å². The molecule has 1 atom stereocenters. The van der Waals surface area contributed by atoms with Crippen LogP contribution in [-0.4, -0.2) is 46.9 Å². The Labute approximate surface area is 177 Å². The average molecular weight is 411 g/mol. The minimum atomic E-state index is 0.0241. The number of hydrogen-bond acceptors (Lipinski definition) is 5. The topological polar surface area (TPSA) is 68.6 Å². The minimum Gasteiger partial charge on any atom is -0.490 e. The lowest BCUT2D eigenvalue weighted by Crippen LogP contribution is -2.33. The van der Waals surface area contributed by atoms with Crippen LogP contribution in [0.2, 0.25) is 0 Å². The van der Waals surface area contributed by atoms with Crippen LogP contribution < -0.4 is 14.8 Å². The van der Waals surface area contributed by atoms with E-state index in [0.717, 1.165) is 56.0 Å². The highest BCUT2D eigenvalue weighted by Crippen LogP contribution is 2.38. The van der Waals surface area contributed by atoms with Gasteiger partial charge in [0.05, 0.1) is 32.0 Å². The lowest BCUT2D eigenvalue weighted by Gasteiger charge is -2.25. The molecule has 7 nitrogen and oxygen atoms in total. The van der Waals surface area contributed by atoms with Gasteiger partial charge in [-0.15, -0.1) is 0 Å². The molecule has 2 aliphatic heterocycles. The maximum Gasteiger partial charge on any atom is 0.239 e. The van der Waals surface area contributed by atoms with Crippen molar-refractivity contribution < 1.29 is 14.3 Å². The summed E-state index contributed by atoms with van der Waals surface area (Å²) in [4.78, 5) is 15.1. The molecule has 1 amide bonds. The van der Waals surface area contributed by atoms with E-state index in [1.807, 2.05) is 16.8 Å².